The zero-order chi connectivity index (χ0) is 8.55. The van der Waals surface area contributed by atoms with Crippen molar-refractivity contribution in [1.29, 1.82) is 0 Å². The number of nitrogens with one attached hydrogen (secondary N) is 1. The van der Waals surface area contributed by atoms with Gasteiger partial charge in [-0.15, -0.1) is 0 Å². The molecule has 0 radical (unpaired) electrons. The first-order chi connectivity index (χ1) is 5.79. The summed E-state index contributed by atoms with van der Waals surface area (Å²) in [6.07, 6.45) is 4.58. The SMILES string of the molecule is O=c1[nH]ccc2c(Cl)cncc12. The molecule has 0 amide bonds. The average Bonchev–Trinajstić information content (AvgIpc) is 2.07. The molecule has 0 unspecified atom stereocenters. The maximum atomic E-state index is 11.2. The van der Waals surface area contributed by atoms with E-state index in [-0.39, 0.29) is 5.56 Å². The van der Waals surface area contributed by atoms with E-state index in [0.29, 0.717) is 10.4 Å². The quantitative estimate of drug-likeness (QED) is 0.669. The van der Waals surface area contributed by atoms with Crippen molar-refractivity contribution in [3.63, 3.8) is 0 Å². The van der Waals surface area contributed by atoms with E-state index in [2.05, 4.69) is 9.97 Å². The Hall–Kier alpha value is -1.35. The topological polar surface area (TPSA) is 45.8 Å². The number of hydrogen-bond donors (Lipinski definition) is 1. The van der Waals surface area contributed by atoms with Crippen LogP contribution in [-0.4, -0.2) is 9.97 Å². The number of hydrogen-bond acceptors (Lipinski definition) is 2. The molecule has 60 valence electrons. The van der Waals surface area contributed by atoms with Crippen molar-refractivity contribution in [3.8, 4) is 0 Å². The molecular weight excluding hydrogens is 176 g/mol. The fraction of sp³-hybridized carbons (Fsp3) is 0. The van der Waals surface area contributed by atoms with Gasteiger partial charge in [0.25, 0.3) is 5.56 Å². The molecule has 2 heterocycles. The van der Waals surface area contributed by atoms with Crippen molar-refractivity contribution >= 4 is 22.4 Å². The molecule has 0 bridgehead atoms. The fourth-order valence-corrected chi connectivity index (χ4v) is 1.29. The molecule has 0 aliphatic rings. The van der Waals surface area contributed by atoms with Crippen molar-refractivity contribution in [3.05, 3.63) is 40.0 Å². The van der Waals surface area contributed by atoms with E-state index in [1.165, 1.54) is 12.4 Å². The summed E-state index contributed by atoms with van der Waals surface area (Å²) in [6.45, 7) is 0. The van der Waals surface area contributed by atoms with E-state index in [1.54, 1.807) is 12.3 Å². The van der Waals surface area contributed by atoms with Crippen molar-refractivity contribution in [1.82, 2.24) is 9.97 Å². The minimum atomic E-state index is -0.164. The van der Waals surface area contributed by atoms with Gasteiger partial charge in [0.2, 0.25) is 0 Å². The number of halogens is 1. The minimum absolute atomic E-state index is 0.164. The highest BCUT2D eigenvalue weighted by Crippen LogP contribution is 2.17. The standard InChI is InChI=1S/C8H5ClN2O/c9-7-4-10-3-6-5(7)1-2-11-8(6)12/h1-4H,(H,11,12). The van der Waals surface area contributed by atoms with Crippen molar-refractivity contribution < 1.29 is 0 Å². The summed E-state index contributed by atoms with van der Waals surface area (Å²) < 4.78 is 0. The molecule has 3 nitrogen and oxygen atoms in total. The largest absolute Gasteiger partial charge is 0.329 e. The number of H-pyrrole nitrogens is 1. The predicted molar refractivity (Wildman–Crippen MR) is 47.4 cm³/mol. The predicted octanol–water partition coefficient (Wildman–Crippen LogP) is 1.58. The van der Waals surface area contributed by atoms with E-state index in [1.807, 2.05) is 0 Å². The molecule has 0 saturated carbocycles. The van der Waals surface area contributed by atoms with Crippen molar-refractivity contribution in [2.75, 3.05) is 0 Å². The molecule has 2 aromatic rings. The Morgan fingerprint density at radius 2 is 2.17 bits per heavy atom. The van der Waals surface area contributed by atoms with Gasteiger partial charge < -0.3 is 4.98 Å². The van der Waals surface area contributed by atoms with Gasteiger partial charge in [-0.25, -0.2) is 0 Å². The summed E-state index contributed by atoms with van der Waals surface area (Å²) in [7, 11) is 0. The third kappa shape index (κ3) is 0.987. The summed E-state index contributed by atoms with van der Waals surface area (Å²) in [5, 5.41) is 1.75. The number of pyridine rings is 2. The number of nitrogens with zero attached hydrogens (tertiary/aromatic N) is 1. The van der Waals surface area contributed by atoms with E-state index < -0.39 is 0 Å². The Morgan fingerprint density at radius 3 is 2.92 bits per heavy atom. The highest BCUT2D eigenvalue weighted by atomic mass is 35.5. The highest BCUT2D eigenvalue weighted by Gasteiger charge is 2.00. The lowest BCUT2D eigenvalue weighted by Gasteiger charge is -1.95. The number of rotatable bonds is 0. The zero-order valence-electron chi connectivity index (χ0n) is 6.04. The first-order valence-corrected chi connectivity index (χ1v) is 3.78. The summed E-state index contributed by atoms with van der Waals surface area (Å²) in [5.41, 5.74) is -0.164. The van der Waals surface area contributed by atoms with Gasteiger partial charge in [0, 0.05) is 24.0 Å². The van der Waals surface area contributed by atoms with Crippen LogP contribution in [0.3, 0.4) is 0 Å². The minimum Gasteiger partial charge on any atom is -0.329 e. The highest BCUT2D eigenvalue weighted by molar-refractivity contribution is 6.35. The lowest BCUT2D eigenvalue weighted by atomic mass is 10.2. The molecule has 1 N–H and O–H groups in total. The summed E-state index contributed by atoms with van der Waals surface area (Å²) in [6, 6.07) is 1.75. The van der Waals surface area contributed by atoms with Crippen LogP contribution in [0.4, 0.5) is 0 Å². The molecule has 4 heteroatoms. The van der Waals surface area contributed by atoms with Crippen LogP contribution in [0.1, 0.15) is 0 Å². The fourth-order valence-electron chi connectivity index (χ4n) is 1.07. The molecule has 0 aromatic carbocycles. The van der Waals surface area contributed by atoms with Crippen LogP contribution in [-0.2, 0) is 0 Å². The van der Waals surface area contributed by atoms with E-state index in [0.717, 1.165) is 5.39 Å². The van der Waals surface area contributed by atoms with Gasteiger partial charge in [-0.3, -0.25) is 9.78 Å². The number of fused-ring (bicyclic) bond motifs is 1. The molecule has 0 atom stereocenters. The third-order valence-corrected chi connectivity index (χ3v) is 1.95. The van der Waals surface area contributed by atoms with Gasteiger partial charge in [0.15, 0.2) is 0 Å². The molecule has 0 saturated heterocycles. The van der Waals surface area contributed by atoms with Gasteiger partial charge in [-0.05, 0) is 6.07 Å². The first-order valence-electron chi connectivity index (χ1n) is 3.40. The Morgan fingerprint density at radius 1 is 1.33 bits per heavy atom. The Bertz CT molecular complexity index is 478. The van der Waals surface area contributed by atoms with Gasteiger partial charge in [0.1, 0.15) is 0 Å². The molecule has 2 aromatic heterocycles. The molecule has 2 rings (SSSR count). The van der Waals surface area contributed by atoms with Gasteiger partial charge in [-0.2, -0.15) is 0 Å². The van der Waals surface area contributed by atoms with E-state index >= 15 is 0 Å². The number of aromatic nitrogens is 2. The third-order valence-electron chi connectivity index (χ3n) is 1.65. The van der Waals surface area contributed by atoms with Crippen LogP contribution in [0.15, 0.2) is 29.5 Å². The second-order valence-corrected chi connectivity index (χ2v) is 2.80. The van der Waals surface area contributed by atoms with E-state index in [4.69, 9.17) is 11.6 Å². The van der Waals surface area contributed by atoms with Crippen molar-refractivity contribution in [2.24, 2.45) is 0 Å². The average molecular weight is 181 g/mol. The second kappa shape index (κ2) is 2.60. The maximum absolute atomic E-state index is 11.2. The molecular formula is C8H5ClN2O. The van der Waals surface area contributed by atoms with Gasteiger partial charge in [-0.1, -0.05) is 11.6 Å². The zero-order valence-corrected chi connectivity index (χ0v) is 6.80. The van der Waals surface area contributed by atoms with Crippen LogP contribution in [0, 0.1) is 0 Å². The van der Waals surface area contributed by atoms with Crippen LogP contribution in [0.25, 0.3) is 10.8 Å². The van der Waals surface area contributed by atoms with Crippen LogP contribution in [0.5, 0.6) is 0 Å². The Balaban J connectivity index is 3.05. The summed E-state index contributed by atoms with van der Waals surface area (Å²) in [4.78, 5) is 17.5. The Labute approximate surface area is 73.0 Å². The lowest BCUT2D eigenvalue weighted by Crippen LogP contribution is -2.04. The molecule has 0 spiro atoms. The van der Waals surface area contributed by atoms with Gasteiger partial charge >= 0.3 is 0 Å². The monoisotopic (exact) mass is 180 g/mol. The molecule has 12 heavy (non-hydrogen) atoms. The first kappa shape index (κ1) is 7.31. The van der Waals surface area contributed by atoms with E-state index in [9.17, 15) is 4.79 Å². The van der Waals surface area contributed by atoms with Crippen LogP contribution < -0.4 is 5.56 Å². The smallest absolute Gasteiger partial charge is 0.257 e. The second-order valence-electron chi connectivity index (χ2n) is 2.39. The number of aromatic amines is 1. The summed E-state index contributed by atoms with van der Waals surface area (Å²) >= 11 is 5.81. The normalized spacial score (nSPS) is 10.4. The molecule has 0 fully saturated rings. The van der Waals surface area contributed by atoms with Crippen molar-refractivity contribution in [2.45, 2.75) is 0 Å². The van der Waals surface area contributed by atoms with Crippen LogP contribution in [0.2, 0.25) is 5.02 Å². The van der Waals surface area contributed by atoms with Gasteiger partial charge in [0.05, 0.1) is 10.4 Å². The molecule has 0 aliphatic heterocycles. The summed E-state index contributed by atoms with van der Waals surface area (Å²) in [5.74, 6) is 0. The molecule has 0 aliphatic carbocycles. The lowest BCUT2D eigenvalue weighted by molar-refractivity contribution is 1.26. The maximum Gasteiger partial charge on any atom is 0.257 e. The Kier molecular flexibility index (Phi) is 1.59. The van der Waals surface area contributed by atoms with Crippen LogP contribution >= 0.6 is 11.6 Å².